The lowest BCUT2D eigenvalue weighted by Crippen LogP contribution is -2.45. The van der Waals surface area contributed by atoms with Gasteiger partial charge in [-0.15, -0.1) is 0 Å². The molecule has 8 heteroatoms. The lowest BCUT2D eigenvalue weighted by molar-refractivity contribution is -0.150. The van der Waals surface area contributed by atoms with Crippen LogP contribution in [0.1, 0.15) is 43.6 Å². The van der Waals surface area contributed by atoms with Gasteiger partial charge in [-0.1, -0.05) is 26.8 Å². The molecule has 8 nitrogen and oxygen atoms in total. The summed E-state index contributed by atoms with van der Waals surface area (Å²) in [6.07, 6.45) is 0. The highest BCUT2D eigenvalue weighted by Crippen LogP contribution is 2.17. The first kappa shape index (κ1) is 22.1. The molecule has 1 aromatic carbocycles. The van der Waals surface area contributed by atoms with Crippen molar-refractivity contribution in [2.75, 3.05) is 19.0 Å². The summed E-state index contributed by atoms with van der Waals surface area (Å²) in [5.74, 6) is -2.11. The number of ether oxygens (including phenoxy) is 2. The Morgan fingerprint density at radius 3 is 2.33 bits per heavy atom. The largest absolute Gasteiger partial charge is 0.465 e. The van der Waals surface area contributed by atoms with Crippen molar-refractivity contribution in [1.29, 1.82) is 0 Å². The van der Waals surface area contributed by atoms with Gasteiger partial charge in [0, 0.05) is 11.1 Å². The van der Waals surface area contributed by atoms with E-state index in [0.717, 1.165) is 5.56 Å². The SMILES string of the molecule is COC(=O)c1ccc(C)c(NC(=O)COC(=O)C(C)NC(=O)C(C)(C)C)c1. The number of hydrogen-bond acceptors (Lipinski definition) is 6. The summed E-state index contributed by atoms with van der Waals surface area (Å²) in [6.45, 7) is 7.88. The molecule has 148 valence electrons. The molecule has 2 amide bonds. The normalized spacial score (nSPS) is 11.9. The molecular formula is C19H26N2O6. The van der Waals surface area contributed by atoms with E-state index < -0.39 is 35.9 Å². The van der Waals surface area contributed by atoms with Crippen LogP contribution in [-0.2, 0) is 23.9 Å². The monoisotopic (exact) mass is 378 g/mol. The first-order chi connectivity index (χ1) is 12.5. The van der Waals surface area contributed by atoms with Crippen molar-refractivity contribution in [3.05, 3.63) is 29.3 Å². The molecule has 0 saturated heterocycles. The third-order valence-corrected chi connectivity index (χ3v) is 3.66. The Bertz CT molecular complexity index is 736. The Morgan fingerprint density at radius 2 is 1.78 bits per heavy atom. The summed E-state index contributed by atoms with van der Waals surface area (Å²) in [6, 6.07) is 3.84. The lowest BCUT2D eigenvalue weighted by atomic mass is 9.95. The Balaban J connectivity index is 2.62. The van der Waals surface area contributed by atoms with Gasteiger partial charge in [0.15, 0.2) is 6.61 Å². The maximum absolute atomic E-state index is 12.0. The fourth-order valence-electron chi connectivity index (χ4n) is 1.92. The average molecular weight is 378 g/mol. The second-order valence-corrected chi connectivity index (χ2v) is 7.12. The second-order valence-electron chi connectivity index (χ2n) is 7.12. The molecule has 0 heterocycles. The quantitative estimate of drug-likeness (QED) is 0.731. The van der Waals surface area contributed by atoms with E-state index in [4.69, 9.17) is 4.74 Å². The molecule has 1 aromatic rings. The van der Waals surface area contributed by atoms with E-state index in [1.165, 1.54) is 20.1 Å². The van der Waals surface area contributed by atoms with E-state index >= 15 is 0 Å². The van der Waals surface area contributed by atoms with E-state index in [2.05, 4.69) is 15.4 Å². The van der Waals surface area contributed by atoms with E-state index in [1.807, 2.05) is 0 Å². The molecule has 0 radical (unpaired) electrons. The number of nitrogens with one attached hydrogen (secondary N) is 2. The van der Waals surface area contributed by atoms with Crippen molar-refractivity contribution >= 4 is 29.4 Å². The summed E-state index contributed by atoms with van der Waals surface area (Å²) in [5.41, 5.74) is 0.781. The highest BCUT2D eigenvalue weighted by Gasteiger charge is 2.26. The third-order valence-electron chi connectivity index (χ3n) is 3.66. The fourth-order valence-corrected chi connectivity index (χ4v) is 1.92. The minimum atomic E-state index is -0.881. The molecular weight excluding hydrogens is 352 g/mol. The molecule has 27 heavy (non-hydrogen) atoms. The maximum atomic E-state index is 12.0. The van der Waals surface area contributed by atoms with Crippen molar-refractivity contribution in [2.45, 2.75) is 40.7 Å². The highest BCUT2D eigenvalue weighted by atomic mass is 16.5. The van der Waals surface area contributed by atoms with Crippen molar-refractivity contribution in [2.24, 2.45) is 5.41 Å². The Hall–Kier alpha value is -2.90. The molecule has 1 atom stereocenters. The molecule has 0 saturated carbocycles. The van der Waals surface area contributed by atoms with E-state index in [1.54, 1.807) is 39.8 Å². The zero-order chi connectivity index (χ0) is 20.8. The van der Waals surface area contributed by atoms with Gasteiger partial charge in [0.1, 0.15) is 6.04 Å². The van der Waals surface area contributed by atoms with Gasteiger partial charge >= 0.3 is 11.9 Å². The number of rotatable bonds is 6. The summed E-state index contributed by atoms with van der Waals surface area (Å²) in [7, 11) is 1.26. The molecule has 2 N–H and O–H groups in total. The summed E-state index contributed by atoms with van der Waals surface area (Å²) >= 11 is 0. The highest BCUT2D eigenvalue weighted by molar-refractivity contribution is 5.96. The van der Waals surface area contributed by atoms with Crippen LogP contribution in [0.25, 0.3) is 0 Å². The van der Waals surface area contributed by atoms with Gasteiger partial charge in [0.05, 0.1) is 12.7 Å². The molecule has 1 rings (SSSR count). The minimum absolute atomic E-state index is 0.286. The van der Waals surface area contributed by atoms with Crippen LogP contribution in [0.4, 0.5) is 5.69 Å². The van der Waals surface area contributed by atoms with E-state index in [9.17, 15) is 19.2 Å². The van der Waals surface area contributed by atoms with Crippen LogP contribution >= 0.6 is 0 Å². The summed E-state index contributed by atoms with van der Waals surface area (Å²) in [4.78, 5) is 47.4. The number of carbonyl (C=O) groups is 4. The van der Waals surface area contributed by atoms with Crippen LogP contribution in [0.3, 0.4) is 0 Å². The van der Waals surface area contributed by atoms with Crippen LogP contribution in [0.2, 0.25) is 0 Å². The zero-order valence-corrected chi connectivity index (χ0v) is 16.5. The average Bonchev–Trinajstić information content (AvgIpc) is 2.59. The van der Waals surface area contributed by atoms with Crippen molar-refractivity contribution in [3.8, 4) is 0 Å². The van der Waals surface area contributed by atoms with E-state index in [-0.39, 0.29) is 11.5 Å². The lowest BCUT2D eigenvalue weighted by Gasteiger charge is -2.21. The fraction of sp³-hybridized carbons (Fsp3) is 0.474. The van der Waals surface area contributed by atoms with Crippen LogP contribution in [0.15, 0.2) is 18.2 Å². The number of methoxy groups -OCH3 is 1. The summed E-state index contributed by atoms with van der Waals surface area (Å²) < 4.78 is 9.57. The van der Waals surface area contributed by atoms with Crippen molar-refractivity contribution in [1.82, 2.24) is 5.32 Å². The molecule has 0 aliphatic heterocycles. The van der Waals surface area contributed by atoms with Gasteiger partial charge in [-0.2, -0.15) is 0 Å². The van der Waals surface area contributed by atoms with Crippen LogP contribution in [-0.4, -0.2) is 43.5 Å². The van der Waals surface area contributed by atoms with Gasteiger partial charge < -0.3 is 20.1 Å². The zero-order valence-electron chi connectivity index (χ0n) is 16.5. The predicted octanol–water partition coefficient (Wildman–Crippen LogP) is 1.81. The molecule has 0 bridgehead atoms. The second kappa shape index (κ2) is 9.16. The molecule has 0 aliphatic carbocycles. The number of benzene rings is 1. The van der Waals surface area contributed by atoms with Gasteiger partial charge in [-0.3, -0.25) is 9.59 Å². The first-order valence-corrected chi connectivity index (χ1v) is 8.42. The van der Waals surface area contributed by atoms with Gasteiger partial charge in [-0.25, -0.2) is 9.59 Å². The number of aryl methyl sites for hydroxylation is 1. The number of carbonyl (C=O) groups excluding carboxylic acids is 4. The minimum Gasteiger partial charge on any atom is -0.465 e. The first-order valence-electron chi connectivity index (χ1n) is 8.42. The van der Waals surface area contributed by atoms with Gasteiger partial charge in [-0.05, 0) is 31.5 Å². The number of anilines is 1. The Kier molecular flexibility index (Phi) is 7.51. The van der Waals surface area contributed by atoms with Crippen LogP contribution < -0.4 is 10.6 Å². The van der Waals surface area contributed by atoms with Crippen molar-refractivity contribution in [3.63, 3.8) is 0 Å². The van der Waals surface area contributed by atoms with Gasteiger partial charge in [0.25, 0.3) is 5.91 Å². The predicted molar refractivity (Wildman–Crippen MR) is 99.2 cm³/mol. The summed E-state index contributed by atoms with van der Waals surface area (Å²) in [5, 5.41) is 5.11. The molecule has 0 fully saturated rings. The molecule has 0 aliphatic rings. The Morgan fingerprint density at radius 1 is 1.15 bits per heavy atom. The number of amides is 2. The standard InChI is InChI=1S/C19H26N2O6/c1-11-7-8-13(17(24)26-6)9-14(11)21-15(22)10-27-16(23)12(2)20-18(25)19(3,4)5/h7-9,12H,10H2,1-6H3,(H,20,25)(H,21,22). The smallest absolute Gasteiger partial charge is 0.337 e. The van der Waals surface area contributed by atoms with Crippen molar-refractivity contribution < 1.29 is 28.7 Å². The molecule has 0 spiro atoms. The van der Waals surface area contributed by atoms with E-state index in [0.29, 0.717) is 5.69 Å². The van der Waals surface area contributed by atoms with Gasteiger partial charge in [0.2, 0.25) is 5.91 Å². The van der Waals surface area contributed by atoms with Crippen LogP contribution in [0, 0.1) is 12.3 Å². The van der Waals surface area contributed by atoms with Crippen LogP contribution in [0.5, 0.6) is 0 Å². The number of esters is 2. The number of hydrogen-bond donors (Lipinski definition) is 2. The molecule has 0 aromatic heterocycles. The molecule has 1 unspecified atom stereocenters. The third kappa shape index (κ3) is 6.73. The topological polar surface area (TPSA) is 111 Å². The Labute approximate surface area is 158 Å². The maximum Gasteiger partial charge on any atom is 0.337 e.